The predicted molar refractivity (Wildman–Crippen MR) is 85.4 cm³/mol. The van der Waals surface area contributed by atoms with Gasteiger partial charge >= 0.3 is 0 Å². The molecule has 1 aliphatic heterocycles. The molecule has 0 bridgehead atoms. The van der Waals surface area contributed by atoms with E-state index in [2.05, 4.69) is 33.0 Å². The van der Waals surface area contributed by atoms with Gasteiger partial charge in [-0.15, -0.1) is 0 Å². The zero-order valence-electron chi connectivity index (χ0n) is 13.6. The lowest BCUT2D eigenvalue weighted by atomic mass is 9.82. The Bertz CT molecular complexity index is 375. The fourth-order valence-electron chi connectivity index (χ4n) is 2.89. The highest BCUT2D eigenvalue weighted by molar-refractivity contribution is 7.89. The molecule has 0 aromatic rings. The molecule has 0 aromatic heterocycles. The number of rotatable bonds is 9. The fraction of sp³-hybridized carbons (Fsp3) is 1.00. The molecule has 1 aliphatic rings. The van der Waals surface area contributed by atoms with Crippen LogP contribution in [0.5, 0.6) is 0 Å². The molecule has 1 fully saturated rings. The van der Waals surface area contributed by atoms with E-state index in [1.807, 2.05) is 0 Å². The van der Waals surface area contributed by atoms with Crippen molar-refractivity contribution in [2.24, 2.45) is 5.41 Å². The van der Waals surface area contributed by atoms with Crippen LogP contribution in [-0.4, -0.2) is 44.2 Å². The lowest BCUT2D eigenvalue weighted by molar-refractivity contribution is 0.279. The molecule has 1 heterocycles. The summed E-state index contributed by atoms with van der Waals surface area (Å²) in [6.07, 6.45) is 4.86. The molecule has 0 radical (unpaired) electrons. The third kappa shape index (κ3) is 5.01. The van der Waals surface area contributed by atoms with E-state index in [0.717, 1.165) is 45.2 Å². The van der Waals surface area contributed by atoms with Crippen molar-refractivity contribution >= 4 is 10.0 Å². The summed E-state index contributed by atoms with van der Waals surface area (Å²) in [7, 11) is -3.05. The van der Waals surface area contributed by atoms with Gasteiger partial charge in [0.1, 0.15) is 0 Å². The Hall–Kier alpha value is -0.130. The Morgan fingerprint density at radius 3 is 2.35 bits per heavy atom. The van der Waals surface area contributed by atoms with Crippen molar-refractivity contribution in [1.82, 2.24) is 9.62 Å². The van der Waals surface area contributed by atoms with E-state index < -0.39 is 10.0 Å². The van der Waals surface area contributed by atoms with Crippen LogP contribution in [0.4, 0.5) is 0 Å². The van der Waals surface area contributed by atoms with Crippen LogP contribution in [0.15, 0.2) is 0 Å². The van der Waals surface area contributed by atoms with Gasteiger partial charge in [-0.05, 0) is 44.1 Å². The van der Waals surface area contributed by atoms with E-state index in [1.165, 1.54) is 0 Å². The van der Waals surface area contributed by atoms with Crippen LogP contribution in [0.1, 0.15) is 59.8 Å². The number of hydrogen-bond acceptors (Lipinski definition) is 3. The molecule has 1 rings (SSSR count). The first-order valence-electron chi connectivity index (χ1n) is 8.06. The standard InChI is InChI=1S/C15H32N2O2S/c1-5-15(6-2)9-11-17(13-15)20(18,19)12-8-7-10-16-14(3)4/h14,16H,5-13H2,1-4H3. The number of unbranched alkanes of at least 4 members (excludes halogenated alkanes) is 1. The van der Waals surface area contributed by atoms with Gasteiger partial charge in [0.2, 0.25) is 10.0 Å². The fourth-order valence-corrected chi connectivity index (χ4v) is 4.56. The summed E-state index contributed by atoms with van der Waals surface area (Å²) in [6, 6.07) is 0.472. The van der Waals surface area contributed by atoms with Crippen molar-refractivity contribution in [3.8, 4) is 0 Å². The highest BCUT2D eigenvalue weighted by atomic mass is 32.2. The molecule has 0 atom stereocenters. The maximum absolute atomic E-state index is 12.4. The molecular weight excluding hydrogens is 272 g/mol. The Morgan fingerprint density at radius 1 is 1.20 bits per heavy atom. The average molecular weight is 305 g/mol. The van der Waals surface area contributed by atoms with Crippen molar-refractivity contribution in [3.05, 3.63) is 0 Å². The Kier molecular flexibility index (Phi) is 6.95. The Morgan fingerprint density at radius 2 is 1.85 bits per heavy atom. The molecule has 0 saturated carbocycles. The van der Waals surface area contributed by atoms with Gasteiger partial charge in [-0.1, -0.05) is 27.7 Å². The first-order valence-corrected chi connectivity index (χ1v) is 9.67. The maximum Gasteiger partial charge on any atom is 0.214 e. The number of nitrogens with zero attached hydrogens (tertiary/aromatic N) is 1. The average Bonchev–Trinajstić information content (AvgIpc) is 2.84. The third-order valence-electron chi connectivity index (χ3n) is 4.68. The zero-order valence-corrected chi connectivity index (χ0v) is 14.4. The number of nitrogens with one attached hydrogen (secondary N) is 1. The van der Waals surface area contributed by atoms with E-state index in [0.29, 0.717) is 18.3 Å². The summed E-state index contributed by atoms with van der Waals surface area (Å²) >= 11 is 0. The summed E-state index contributed by atoms with van der Waals surface area (Å²) < 4.78 is 26.4. The van der Waals surface area contributed by atoms with Crippen LogP contribution in [-0.2, 0) is 10.0 Å². The van der Waals surface area contributed by atoms with Gasteiger partial charge in [0.15, 0.2) is 0 Å². The van der Waals surface area contributed by atoms with Crippen LogP contribution in [0.2, 0.25) is 0 Å². The van der Waals surface area contributed by atoms with Crippen molar-refractivity contribution < 1.29 is 8.42 Å². The van der Waals surface area contributed by atoms with Crippen molar-refractivity contribution in [2.75, 3.05) is 25.4 Å². The largest absolute Gasteiger partial charge is 0.315 e. The lowest BCUT2D eigenvalue weighted by Gasteiger charge is -2.26. The van der Waals surface area contributed by atoms with Crippen LogP contribution >= 0.6 is 0 Å². The summed E-state index contributed by atoms with van der Waals surface area (Å²) in [5, 5.41) is 3.32. The monoisotopic (exact) mass is 304 g/mol. The highest BCUT2D eigenvalue weighted by Crippen LogP contribution is 2.38. The van der Waals surface area contributed by atoms with Gasteiger partial charge in [-0.3, -0.25) is 0 Å². The molecule has 0 aliphatic carbocycles. The summed E-state index contributed by atoms with van der Waals surface area (Å²) in [5.74, 6) is 0.302. The Balaban J connectivity index is 2.38. The van der Waals surface area contributed by atoms with E-state index in [4.69, 9.17) is 0 Å². The van der Waals surface area contributed by atoms with Crippen LogP contribution in [0.25, 0.3) is 0 Å². The molecular formula is C15H32N2O2S. The molecule has 1 N–H and O–H groups in total. The topological polar surface area (TPSA) is 49.4 Å². The molecule has 4 nitrogen and oxygen atoms in total. The highest BCUT2D eigenvalue weighted by Gasteiger charge is 2.39. The molecule has 0 spiro atoms. The van der Waals surface area contributed by atoms with Crippen LogP contribution in [0, 0.1) is 5.41 Å². The van der Waals surface area contributed by atoms with E-state index >= 15 is 0 Å². The molecule has 5 heteroatoms. The molecule has 0 unspecified atom stereocenters. The van der Waals surface area contributed by atoms with Gasteiger partial charge in [0, 0.05) is 19.1 Å². The minimum atomic E-state index is -3.05. The number of hydrogen-bond donors (Lipinski definition) is 1. The van der Waals surface area contributed by atoms with E-state index in [9.17, 15) is 8.42 Å². The van der Waals surface area contributed by atoms with Crippen molar-refractivity contribution in [3.63, 3.8) is 0 Å². The molecule has 120 valence electrons. The third-order valence-corrected chi connectivity index (χ3v) is 6.58. The lowest BCUT2D eigenvalue weighted by Crippen LogP contribution is -2.33. The molecule has 0 amide bonds. The first kappa shape index (κ1) is 17.9. The van der Waals surface area contributed by atoms with E-state index in [-0.39, 0.29) is 5.41 Å². The second-order valence-electron chi connectivity index (χ2n) is 6.42. The van der Waals surface area contributed by atoms with Crippen LogP contribution < -0.4 is 5.32 Å². The first-order chi connectivity index (χ1) is 9.35. The van der Waals surface area contributed by atoms with Gasteiger partial charge in [-0.25, -0.2) is 12.7 Å². The van der Waals surface area contributed by atoms with Gasteiger partial charge in [0.25, 0.3) is 0 Å². The molecule has 20 heavy (non-hydrogen) atoms. The SMILES string of the molecule is CCC1(CC)CCN(S(=O)(=O)CCCCNC(C)C)C1. The maximum atomic E-state index is 12.4. The second kappa shape index (κ2) is 7.76. The molecule has 0 aromatic carbocycles. The second-order valence-corrected chi connectivity index (χ2v) is 8.51. The van der Waals surface area contributed by atoms with E-state index in [1.54, 1.807) is 4.31 Å². The number of sulfonamides is 1. The van der Waals surface area contributed by atoms with Crippen LogP contribution in [0.3, 0.4) is 0 Å². The van der Waals surface area contributed by atoms with Crippen molar-refractivity contribution in [2.45, 2.75) is 65.8 Å². The summed E-state index contributed by atoms with van der Waals surface area (Å²) in [4.78, 5) is 0. The van der Waals surface area contributed by atoms with Gasteiger partial charge < -0.3 is 5.32 Å². The van der Waals surface area contributed by atoms with Gasteiger partial charge in [0.05, 0.1) is 5.75 Å². The smallest absolute Gasteiger partial charge is 0.214 e. The van der Waals surface area contributed by atoms with Gasteiger partial charge in [-0.2, -0.15) is 0 Å². The predicted octanol–water partition coefficient (Wildman–Crippen LogP) is 2.61. The zero-order chi connectivity index (χ0) is 15.2. The minimum absolute atomic E-state index is 0.228. The van der Waals surface area contributed by atoms with Crippen molar-refractivity contribution in [1.29, 1.82) is 0 Å². The Labute approximate surface area is 125 Å². The normalized spacial score (nSPS) is 19.9. The molecule has 1 saturated heterocycles. The summed E-state index contributed by atoms with van der Waals surface area (Å²) in [5.41, 5.74) is 0.228. The quantitative estimate of drug-likeness (QED) is 0.666. The minimum Gasteiger partial charge on any atom is -0.315 e. The summed E-state index contributed by atoms with van der Waals surface area (Å²) in [6.45, 7) is 10.9.